The molecule has 1 aromatic carbocycles. The van der Waals surface area contributed by atoms with Crippen molar-refractivity contribution >= 4 is 5.91 Å². The highest BCUT2D eigenvalue weighted by Crippen LogP contribution is 2.24. The summed E-state index contributed by atoms with van der Waals surface area (Å²) < 4.78 is 0. The van der Waals surface area contributed by atoms with E-state index in [1.807, 2.05) is 36.4 Å². The van der Waals surface area contributed by atoms with E-state index in [9.17, 15) is 4.79 Å². The number of nitrogens with zero attached hydrogens (tertiary/aromatic N) is 2. The number of aromatic nitrogens is 3. The maximum absolute atomic E-state index is 11.9. The molecule has 3 N–H and O–H groups in total. The van der Waals surface area contributed by atoms with Crippen LogP contribution < -0.4 is 5.32 Å². The minimum Gasteiger partial charge on any atom is -0.392 e. The Hall–Kier alpha value is -2.99. The van der Waals surface area contributed by atoms with E-state index in [2.05, 4.69) is 20.3 Å². The zero-order valence-corrected chi connectivity index (χ0v) is 12.9. The average molecular weight is 320 g/mol. The van der Waals surface area contributed by atoms with Crippen molar-refractivity contribution in [2.24, 2.45) is 0 Å². The number of aliphatic hydroxyl groups is 1. The van der Waals surface area contributed by atoms with Gasteiger partial charge in [-0.2, -0.15) is 0 Å². The van der Waals surface area contributed by atoms with Crippen LogP contribution in [0.25, 0.3) is 22.8 Å². The Morgan fingerprint density at radius 2 is 2.00 bits per heavy atom. The van der Waals surface area contributed by atoms with Crippen LogP contribution in [0.1, 0.15) is 21.6 Å². The molecule has 0 saturated carbocycles. The summed E-state index contributed by atoms with van der Waals surface area (Å²) in [5.74, 6) is 0.557. The first kappa shape index (κ1) is 14.6. The SMILES string of the molecule is O=C1NCCc2[nH]c(-c3ccnc(-c4ccc(CO)cc4)n3)cc21. The molecule has 0 atom stereocenters. The largest absolute Gasteiger partial charge is 0.392 e. The molecule has 3 aromatic rings. The summed E-state index contributed by atoms with van der Waals surface area (Å²) in [5.41, 5.74) is 4.91. The molecule has 6 nitrogen and oxygen atoms in total. The van der Waals surface area contributed by atoms with Gasteiger partial charge in [-0.05, 0) is 17.7 Å². The predicted molar refractivity (Wildman–Crippen MR) is 89.2 cm³/mol. The second-order valence-electron chi connectivity index (χ2n) is 5.70. The first-order chi connectivity index (χ1) is 11.7. The third-order valence-electron chi connectivity index (χ3n) is 4.13. The zero-order chi connectivity index (χ0) is 16.5. The molecule has 2 aromatic heterocycles. The number of amides is 1. The molecule has 1 amide bonds. The Balaban J connectivity index is 1.71. The maximum atomic E-state index is 11.9. The van der Waals surface area contributed by atoms with Crippen molar-refractivity contribution in [1.29, 1.82) is 0 Å². The second kappa shape index (κ2) is 5.90. The van der Waals surface area contributed by atoms with Gasteiger partial charge in [-0.1, -0.05) is 24.3 Å². The number of hydrogen-bond acceptors (Lipinski definition) is 4. The number of fused-ring (bicyclic) bond motifs is 1. The summed E-state index contributed by atoms with van der Waals surface area (Å²) >= 11 is 0. The van der Waals surface area contributed by atoms with Crippen molar-refractivity contribution in [2.45, 2.75) is 13.0 Å². The number of aliphatic hydroxyl groups excluding tert-OH is 1. The molecule has 0 bridgehead atoms. The van der Waals surface area contributed by atoms with E-state index in [1.54, 1.807) is 6.20 Å². The van der Waals surface area contributed by atoms with E-state index >= 15 is 0 Å². The normalized spacial score (nSPS) is 13.5. The topological polar surface area (TPSA) is 90.9 Å². The fraction of sp³-hybridized carbons (Fsp3) is 0.167. The lowest BCUT2D eigenvalue weighted by atomic mass is 10.1. The fourth-order valence-corrected chi connectivity index (χ4v) is 2.84. The summed E-state index contributed by atoms with van der Waals surface area (Å²) in [6.07, 6.45) is 2.50. The zero-order valence-electron chi connectivity index (χ0n) is 12.9. The van der Waals surface area contributed by atoms with Gasteiger partial charge < -0.3 is 15.4 Å². The van der Waals surface area contributed by atoms with Crippen molar-refractivity contribution in [1.82, 2.24) is 20.3 Å². The molecule has 24 heavy (non-hydrogen) atoms. The lowest BCUT2D eigenvalue weighted by molar-refractivity contribution is 0.0946. The lowest BCUT2D eigenvalue weighted by Gasteiger charge is -2.10. The van der Waals surface area contributed by atoms with Crippen molar-refractivity contribution in [3.8, 4) is 22.8 Å². The summed E-state index contributed by atoms with van der Waals surface area (Å²) in [6, 6.07) is 11.1. The van der Waals surface area contributed by atoms with Crippen LogP contribution in [-0.2, 0) is 13.0 Å². The molecule has 0 aliphatic carbocycles. The Bertz CT molecular complexity index is 900. The number of carbonyl (C=O) groups is 1. The molecule has 0 saturated heterocycles. The van der Waals surface area contributed by atoms with Crippen molar-refractivity contribution in [2.75, 3.05) is 6.54 Å². The van der Waals surface area contributed by atoms with Gasteiger partial charge in [-0.3, -0.25) is 4.79 Å². The van der Waals surface area contributed by atoms with Crippen LogP contribution in [-0.4, -0.2) is 32.5 Å². The number of nitrogens with one attached hydrogen (secondary N) is 2. The molecular weight excluding hydrogens is 304 g/mol. The molecule has 6 heteroatoms. The van der Waals surface area contributed by atoms with E-state index in [0.29, 0.717) is 17.9 Å². The Kier molecular flexibility index (Phi) is 3.59. The Labute approximate surface area is 138 Å². The first-order valence-electron chi connectivity index (χ1n) is 7.78. The number of H-pyrrole nitrogens is 1. The van der Waals surface area contributed by atoms with E-state index in [4.69, 9.17) is 5.11 Å². The lowest BCUT2D eigenvalue weighted by Crippen LogP contribution is -2.31. The highest BCUT2D eigenvalue weighted by Gasteiger charge is 2.20. The summed E-state index contributed by atoms with van der Waals surface area (Å²) in [7, 11) is 0. The Morgan fingerprint density at radius 1 is 1.17 bits per heavy atom. The van der Waals surface area contributed by atoms with Crippen LogP contribution in [0.4, 0.5) is 0 Å². The van der Waals surface area contributed by atoms with Crippen molar-refractivity contribution < 1.29 is 9.90 Å². The number of aromatic amines is 1. The van der Waals surface area contributed by atoms with E-state index < -0.39 is 0 Å². The van der Waals surface area contributed by atoms with Crippen LogP contribution in [0.15, 0.2) is 42.6 Å². The monoisotopic (exact) mass is 320 g/mol. The molecular formula is C18H16N4O2. The molecule has 0 spiro atoms. The second-order valence-corrected chi connectivity index (χ2v) is 5.70. The average Bonchev–Trinajstić information content (AvgIpc) is 3.08. The van der Waals surface area contributed by atoms with Crippen LogP contribution >= 0.6 is 0 Å². The standard InChI is InChI=1S/C18H16N4O2/c23-10-11-1-3-12(4-2-11)17-19-7-6-15(22-17)16-9-13-14(21-16)5-8-20-18(13)24/h1-4,6-7,9,21,23H,5,8,10H2,(H,20,24). The number of hydrogen-bond donors (Lipinski definition) is 3. The van der Waals surface area contributed by atoms with E-state index in [-0.39, 0.29) is 12.5 Å². The van der Waals surface area contributed by atoms with Gasteiger partial charge in [-0.15, -0.1) is 0 Å². The number of rotatable bonds is 3. The van der Waals surface area contributed by atoms with Crippen molar-refractivity contribution in [3.63, 3.8) is 0 Å². The van der Waals surface area contributed by atoms with Gasteiger partial charge in [0.15, 0.2) is 5.82 Å². The molecule has 1 aliphatic heterocycles. The van der Waals surface area contributed by atoms with Crippen molar-refractivity contribution in [3.05, 3.63) is 59.4 Å². The first-order valence-corrected chi connectivity index (χ1v) is 7.78. The van der Waals surface area contributed by atoms with Crippen LogP contribution in [0.3, 0.4) is 0 Å². The molecule has 1 aliphatic rings. The quantitative estimate of drug-likeness (QED) is 0.687. The molecule has 4 rings (SSSR count). The Morgan fingerprint density at radius 3 is 2.75 bits per heavy atom. The minimum absolute atomic E-state index is 0.0112. The predicted octanol–water partition coefficient (Wildman–Crippen LogP) is 1.92. The van der Waals surface area contributed by atoms with Gasteiger partial charge in [0, 0.05) is 30.4 Å². The smallest absolute Gasteiger partial charge is 0.253 e. The van der Waals surface area contributed by atoms with Gasteiger partial charge in [0.1, 0.15) is 0 Å². The van der Waals surface area contributed by atoms with Crippen LogP contribution in [0, 0.1) is 0 Å². The molecule has 0 radical (unpaired) electrons. The fourth-order valence-electron chi connectivity index (χ4n) is 2.84. The van der Waals surface area contributed by atoms with E-state index in [1.165, 1.54) is 0 Å². The molecule has 0 unspecified atom stereocenters. The molecule has 0 fully saturated rings. The molecule has 3 heterocycles. The highest BCUT2D eigenvalue weighted by molar-refractivity contribution is 5.97. The van der Waals surface area contributed by atoms with E-state index in [0.717, 1.165) is 34.6 Å². The van der Waals surface area contributed by atoms with Gasteiger partial charge in [-0.25, -0.2) is 9.97 Å². The molecule has 120 valence electrons. The van der Waals surface area contributed by atoms with Gasteiger partial charge >= 0.3 is 0 Å². The summed E-state index contributed by atoms with van der Waals surface area (Å²) in [5, 5.41) is 12.0. The number of benzene rings is 1. The third kappa shape index (κ3) is 2.57. The van der Waals surface area contributed by atoms with Gasteiger partial charge in [0.25, 0.3) is 5.91 Å². The minimum atomic E-state index is -0.0485. The van der Waals surface area contributed by atoms with Crippen LogP contribution in [0.5, 0.6) is 0 Å². The van der Waals surface area contributed by atoms with Crippen LogP contribution in [0.2, 0.25) is 0 Å². The van der Waals surface area contributed by atoms with Gasteiger partial charge in [0.05, 0.1) is 23.6 Å². The third-order valence-corrected chi connectivity index (χ3v) is 4.13. The highest BCUT2D eigenvalue weighted by atomic mass is 16.3. The summed E-state index contributed by atoms with van der Waals surface area (Å²) in [4.78, 5) is 24.1. The summed E-state index contributed by atoms with van der Waals surface area (Å²) in [6.45, 7) is 0.662. The number of carbonyl (C=O) groups excluding carboxylic acids is 1. The maximum Gasteiger partial charge on any atom is 0.253 e. The van der Waals surface area contributed by atoms with Gasteiger partial charge in [0.2, 0.25) is 0 Å².